The van der Waals surface area contributed by atoms with E-state index in [1.807, 2.05) is 31.2 Å². The van der Waals surface area contributed by atoms with Gasteiger partial charge in [-0.25, -0.2) is 4.39 Å². The van der Waals surface area contributed by atoms with Crippen LogP contribution >= 0.6 is 23.8 Å². The zero-order chi connectivity index (χ0) is 20.5. The second kappa shape index (κ2) is 8.08. The molecule has 0 atom stereocenters. The number of carbonyl (C=O) groups is 1. The van der Waals surface area contributed by atoms with E-state index in [4.69, 9.17) is 23.8 Å². The monoisotopic (exact) mass is 430 g/mol. The van der Waals surface area contributed by atoms with Crippen LogP contribution in [-0.4, -0.2) is 31.6 Å². The maximum Gasteiger partial charge on any atom is 0.243 e. The predicted octanol–water partition coefficient (Wildman–Crippen LogP) is 4.90. The fraction of sp³-hybridized carbons (Fsp3) is 0.286. The Labute approximate surface area is 178 Å². The predicted molar refractivity (Wildman–Crippen MR) is 113 cm³/mol. The van der Waals surface area contributed by atoms with Crippen LogP contribution in [0.4, 0.5) is 4.39 Å². The molecule has 0 unspecified atom stereocenters. The Morgan fingerprint density at radius 3 is 2.69 bits per heavy atom. The van der Waals surface area contributed by atoms with E-state index in [1.165, 1.54) is 6.07 Å². The third-order valence-electron chi connectivity index (χ3n) is 5.06. The highest BCUT2D eigenvalue weighted by Crippen LogP contribution is 2.31. The van der Waals surface area contributed by atoms with Crippen LogP contribution in [0.15, 0.2) is 42.5 Å². The number of rotatable bonds is 6. The minimum atomic E-state index is -0.406. The molecule has 1 fully saturated rings. The standard InChI is InChI=1S/C21H20ClFN4OS/c1-13-5-7-14(8-6-13)20-24-25-21(29)27(20)12-19(28)26(15-9-10-15)11-16-17(22)3-2-4-18(16)23/h2-8,15H,9-12H2,1H3,(H,25,29). The number of hydrogen-bond acceptors (Lipinski definition) is 3. The van der Waals surface area contributed by atoms with Crippen LogP contribution in [0, 0.1) is 17.5 Å². The molecule has 0 radical (unpaired) electrons. The molecule has 1 aliphatic rings. The van der Waals surface area contributed by atoms with Crippen molar-refractivity contribution in [3.8, 4) is 11.4 Å². The highest BCUT2D eigenvalue weighted by atomic mass is 35.5. The third-order valence-corrected chi connectivity index (χ3v) is 5.73. The Hall–Kier alpha value is -2.51. The average Bonchev–Trinajstić information content (AvgIpc) is 3.47. The molecule has 150 valence electrons. The van der Waals surface area contributed by atoms with Crippen molar-refractivity contribution in [2.45, 2.75) is 38.9 Å². The summed E-state index contributed by atoms with van der Waals surface area (Å²) in [5.74, 6) is 0.0527. The van der Waals surface area contributed by atoms with Crippen molar-refractivity contribution in [3.63, 3.8) is 0 Å². The van der Waals surface area contributed by atoms with Gasteiger partial charge in [-0.15, -0.1) is 0 Å². The molecular weight excluding hydrogens is 411 g/mol. The normalized spacial score (nSPS) is 13.5. The highest BCUT2D eigenvalue weighted by molar-refractivity contribution is 7.71. The lowest BCUT2D eigenvalue weighted by atomic mass is 10.1. The summed E-state index contributed by atoms with van der Waals surface area (Å²) in [4.78, 5) is 14.9. The number of aryl methyl sites for hydroxylation is 1. The zero-order valence-electron chi connectivity index (χ0n) is 15.9. The highest BCUT2D eigenvalue weighted by Gasteiger charge is 2.34. The van der Waals surface area contributed by atoms with Gasteiger partial charge in [0.25, 0.3) is 0 Å². The number of halogens is 2. The fourth-order valence-electron chi connectivity index (χ4n) is 3.27. The van der Waals surface area contributed by atoms with Gasteiger partial charge >= 0.3 is 0 Å². The summed E-state index contributed by atoms with van der Waals surface area (Å²) < 4.78 is 16.3. The largest absolute Gasteiger partial charge is 0.334 e. The number of nitrogens with one attached hydrogen (secondary N) is 1. The first-order valence-electron chi connectivity index (χ1n) is 9.38. The number of nitrogens with zero attached hydrogens (tertiary/aromatic N) is 3. The summed E-state index contributed by atoms with van der Waals surface area (Å²) in [6.45, 7) is 2.17. The lowest BCUT2D eigenvalue weighted by Crippen LogP contribution is -2.35. The van der Waals surface area contributed by atoms with Crippen LogP contribution in [0.3, 0.4) is 0 Å². The molecule has 1 saturated carbocycles. The number of H-pyrrole nitrogens is 1. The Morgan fingerprint density at radius 1 is 1.31 bits per heavy atom. The molecule has 5 nitrogen and oxygen atoms in total. The maximum atomic E-state index is 14.3. The number of benzene rings is 2. The summed E-state index contributed by atoms with van der Waals surface area (Å²) in [6.07, 6.45) is 1.80. The lowest BCUT2D eigenvalue weighted by Gasteiger charge is -2.24. The minimum absolute atomic E-state index is 0.0289. The maximum absolute atomic E-state index is 14.3. The van der Waals surface area contributed by atoms with Gasteiger partial charge in [-0.05, 0) is 44.1 Å². The van der Waals surface area contributed by atoms with E-state index in [9.17, 15) is 9.18 Å². The fourth-order valence-corrected chi connectivity index (χ4v) is 3.69. The number of carbonyl (C=O) groups excluding carboxylic acids is 1. The molecule has 0 saturated heterocycles. The molecule has 1 N–H and O–H groups in total. The molecule has 3 aromatic rings. The van der Waals surface area contributed by atoms with Crippen molar-refractivity contribution < 1.29 is 9.18 Å². The Morgan fingerprint density at radius 2 is 2.03 bits per heavy atom. The van der Waals surface area contributed by atoms with Crippen molar-refractivity contribution in [3.05, 3.63) is 69.2 Å². The van der Waals surface area contributed by atoms with E-state index < -0.39 is 5.82 Å². The third kappa shape index (κ3) is 4.26. The summed E-state index contributed by atoms with van der Waals surface area (Å²) >= 11 is 11.5. The number of aromatic nitrogens is 3. The van der Waals surface area contributed by atoms with Crippen molar-refractivity contribution in [2.75, 3.05) is 0 Å². The molecule has 29 heavy (non-hydrogen) atoms. The van der Waals surface area contributed by atoms with Gasteiger partial charge in [-0.2, -0.15) is 5.10 Å². The van der Waals surface area contributed by atoms with Crippen molar-refractivity contribution in [1.82, 2.24) is 19.7 Å². The number of aromatic amines is 1. The summed E-state index contributed by atoms with van der Waals surface area (Å²) in [5, 5.41) is 7.39. The molecule has 0 bridgehead atoms. The van der Waals surface area contributed by atoms with Crippen molar-refractivity contribution in [1.29, 1.82) is 0 Å². The molecule has 0 aliphatic heterocycles. The summed E-state index contributed by atoms with van der Waals surface area (Å²) in [6, 6.07) is 12.5. The number of hydrogen-bond donors (Lipinski definition) is 1. The Bertz CT molecular complexity index is 1080. The van der Waals surface area contributed by atoms with E-state index >= 15 is 0 Å². The SMILES string of the molecule is Cc1ccc(-c2n[nH]c(=S)n2CC(=O)N(Cc2c(F)cccc2Cl)C2CC2)cc1. The van der Waals surface area contributed by atoms with Gasteiger partial charge in [-0.1, -0.05) is 47.5 Å². The Kier molecular flexibility index (Phi) is 5.52. The van der Waals surface area contributed by atoms with Gasteiger partial charge < -0.3 is 4.90 Å². The zero-order valence-corrected chi connectivity index (χ0v) is 17.4. The first-order valence-corrected chi connectivity index (χ1v) is 10.2. The molecule has 4 rings (SSSR count). The quantitative estimate of drug-likeness (QED) is 0.566. The minimum Gasteiger partial charge on any atom is -0.334 e. The van der Waals surface area contributed by atoms with Gasteiger partial charge in [-0.3, -0.25) is 14.5 Å². The molecule has 1 aromatic heterocycles. The molecular formula is C21H20ClFN4OS. The van der Waals surface area contributed by atoms with E-state index in [0.29, 0.717) is 21.2 Å². The average molecular weight is 431 g/mol. The van der Waals surface area contributed by atoms with Gasteiger partial charge in [0.1, 0.15) is 12.4 Å². The van der Waals surface area contributed by atoms with E-state index in [2.05, 4.69) is 10.2 Å². The van der Waals surface area contributed by atoms with Gasteiger partial charge in [0.2, 0.25) is 5.91 Å². The first kappa shape index (κ1) is 19.8. The summed E-state index contributed by atoms with van der Waals surface area (Å²) in [7, 11) is 0. The van der Waals surface area contributed by atoms with Crippen LogP contribution in [0.25, 0.3) is 11.4 Å². The molecule has 2 aromatic carbocycles. The topological polar surface area (TPSA) is 53.9 Å². The van der Waals surface area contributed by atoms with Crippen LogP contribution in [-0.2, 0) is 17.9 Å². The molecule has 1 aliphatic carbocycles. The second-order valence-corrected chi connectivity index (χ2v) is 8.05. The van der Waals surface area contributed by atoms with E-state index in [1.54, 1.807) is 21.6 Å². The van der Waals surface area contributed by atoms with Gasteiger partial charge in [0, 0.05) is 22.2 Å². The molecule has 1 heterocycles. The van der Waals surface area contributed by atoms with Gasteiger partial charge in [0.15, 0.2) is 10.6 Å². The van der Waals surface area contributed by atoms with Crippen molar-refractivity contribution in [2.24, 2.45) is 0 Å². The summed E-state index contributed by atoms with van der Waals surface area (Å²) in [5.41, 5.74) is 2.34. The lowest BCUT2D eigenvalue weighted by molar-refractivity contribution is -0.133. The van der Waals surface area contributed by atoms with Crippen LogP contribution in [0.2, 0.25) is 5.02 Å². The van der Waals surface area contributed by atoms with Crippen molar-refractivity contribution >= 4 is 29.7 Å². The van der Waals surface area contributed by atoms with E-state index in [-0.39, 0.29) is 25.0 Å². The van der Waals surface area contributed by atoms with E-state index in [0.717, 1.165) is 24.0 Å². The molecule has 0 spiro atoms. The smallest absolute Gasteiger partial charge is 0.243 e. The molecule has 1 amide bonds. The first-order chi connectivity index (χ1) is 13.9. The molecule has 8 heteroatoms. The Balaban J connectivity index is 1.60. The van der Waals surface area contributed by atoms with Crippen LogP contribution in [0.5, 0.6) is 0 Å². The van der Waals surface area contributed by atoms with Crippen LogP contribution < -0.4 is 0 Å². The number of amides is 1. The van der Waals surface area contributed by atoms with Crippen LogP contribution in [0.1, 0.15) is 24.0 Å². The second-order valence-electron chi connectivity index (χ2n) is 7.26. The van der Waals surface area contributed by atoms with Gasteiger partial charge in [0.05, 0.1) is 6.54 Å².